The van der Waals surface area contributed by atoms with Gasteiger partial charge in [0.1, 0.15) is 0 Å². The van der Waals surface area contributed by atoms with Crippen molar-refractivity contribution in [2.75, 3.05) is 26.4 Å². The van der Waals surface area contributed by atoms with Crippen molar-refractivity contribution in [3.05, 3.63) is 0 Å². The quantitative estimate of drug-likeness (QED) is 0.177. The van der Waals surface area contributed by atoms with E-state index in [0.717, 1.165) is 51.7 Å². The molecule has 0 fully saturated rings. The zero-order chi connectivity index (χ0) is 17.9. The van der Waals surface area contributed by atoms with Crippen LogP contribution in [0.3, 0.4) is 0 Å². The number of ether oxygens (including phenoxy) is 2. The lowest BCUT2D eigenvalue weighted by Gasteiger charge is -2.10. The van der Waals surface area contributed by atoms with Crippen molar-refractivity contribution in [1.82, 2.24) is 0 Å². The second-order valence-electron chi connectivity index (χ2n) is 6.70. The minimum absolute atomic E-state index is 0.317. The second-order valence-corrected chi connectivity index (χ2v) is 7.93. The highest BCUT2D eigenvalue weighted by Crippen LogP contribution is 2.15. The molecule has 4 heteroatoms. The highest BCUT2D eigenvalue weighted by molar-refractivity contribution is 6.20. The van der Waals surface area contributed by atoms with Gasteiger partial charge in [-0.1, -0.05) is 52.4 Å². The van der Waals surface area contributed by atoms with Crippen molar-refractivity contribution in [2.24, 2.45) is 0 Å². The third-order valence-corrected chi connectivity index (χ3v) is 5.10. The van der Waals surface area contributed by atoms with Gasteiger partial charge in [-0.05, 0) is 38.5 Å². The summed E-state index contributed by atoms with van der Waals surface area (Å²) < 4.78 is 11.2. The summed E-state index contributed by atoms with van der Waals surface area (Å²) in [7, 11) is 0. The third kappa shape index (κ3) is 18.8. The van der Waals surface area contributed by atoms with Crippen LogP contribution in [0.2, 0.25) is 0 Å². The molecule has 0 aliphatic heterocycles. The number of unbranched alkanes of at least 4 members (excludes halogenated alkanes) is 4. The Morgan fingerprint density at radius 3 is 1.29 bits per heavy atom. The van der Waals surface area contributed by atoms with Crippen LogP contribution in [-0.2, 0) is 9.47 Å². The van der Waals surface area contributed by atoms with E-state index in [2.05, 4.69) is 13.8 Å². The maximum absolute atomic E-state index is 6.29. The lowest BCUT2D eigenvalue weighted by atomic mass is 10.1. The van der Waals surface area contributed by atoms with E-state index in [1.807, 2.05) is 0 Å². The summed E-state index contributed by atoms with van der Waals surface area (Å²) in [6, 6.07) is 0. The Balaban J connectivity index is 3.17. The number of hydrogen-bond acceptors (Lipinski definition) is 2. The molecule has 0 aromatic rings. The molecule has 0 radical (unpaired) electrons. The van der Waals surface area contributed by atoms with Crippen molar-refractivity contribution < 1.29 is 9.47 Å². The summed E-state index contributed by atoms with van der Waals surface area (Å²) in [5.74, 6) is 0. The summed E-state index contributed by atoms with van der Waals surface area (Å²) in [6.07, 6.45) is 14.1. The molecule has 2 atom stereocenters. The monoisotopic (exact) mass is 382 g/mol. The molecule has 0 amide bonds. The zero-order valence-electron chi connectivity index (χ0n) is 16.0. The fourth-order valence-corrected chi connectivity index (χ4v) is 3.27. The first-order chi connectivity index (χ1) is 11.7. The number of alkyl halides is 2. The number of halogens is 2. The van der Waals surface area contributed by atoms with Gasteiger partial charge in [-0.2, -0.15) is 0 Å². The molecule has 2 nitrogen and oxygen atoms in total. The zero-order valence-corrected chi connectivity index (χ0v) is 17.6. The van der Waals surface area contributed by atoms with Gasteiger partial charge in [-0.15, -0.1) is 23.2 Å². The average Bonchev–Trinajstić information content (AvgIpc) is 2.57. The first-order valence-corrected chi connectivity index (χ1v) is 11.0. The molecule has 0 bridgehead atoms. The first kappa shape index (κ1) is 24.5. The molecule has 0 rings (SSSR count). The molecule has 146 valence electrons. The Kier molecular flexibility index (Phi) is 20.2. The normalized spacial score (nSPS) is 14.0. The van der Waals surface area contributed by atoms with Crippen LogP contribution < -0.4 is 0 Å². The smallest absolute Gasteiger partial charge is 0.0700 e. The second kappa shape index (κ2) is 19.8. The molecule has 0 aliphatic rings. The summed E-state index contributed by atoms with van der Waals surface area (Å²) in [4.78, 5) is 0. The highest BCUT2D eigenvalue weighted by Gasteiger charge is 2.05. The van der Waals surface area contributed by atoms with E-state index in [1.165, 1.54) is 38.5 Å². The van der Waals surface area contributed by atoms with E-state index >= 15 is 0 Å². The molecule has 0 spiro atoms. The van der Waals surface area contributed by atoms with Gasteiger partial charge in [0, 0.05) is 24.0 Å². The molecule has 0 saturated carbocycles. The number of hydrogen-bond donors (Lipinski definition) is 0. The van der Waals surface area contributed by atoms with Crippen molar-refractivity contribution in [3.8, 4) is 0 Å². The summed E-state index contributed by atoms with van der Waals surface area (Å²) in [5.41, 5.74) is 0. The van der Waals surface area contributed by atoms with Crippen molar-refractivity contribution in [3.63, 3.8) is 0 Å². The largest absolute Gasteiger partial charge is 0.379 e. The predicted octanol–water partition coefficient (Wildman–Crippen LogP) is 6.96. The van der Waals surface area contributed by atoms with Gasteiger partial charge in [0.15, 0.2) is 0 Å². The maximum atomic E-state index is 6.29. The number of rotatable bonds is 19. The van der Waals surface area contributed by atoms with Gasteiger partial charge < -0.3 is 9.47 Å². The molecule has 0 aromatic heterocycles. The van der Waals surface area contributed by atoms with Crippen LogP contribution in [0.5, 0.6) is 0 Å². The van der Waals surface area contributed by atoms with Crippen molar-refractivity contribution >= 4 is 23.2 Å². The Labute approximate surface area is 161 Å². The van der Waals surface area contributed by atoms with Crippen LogP contribution in [-0.4, -0.2) is 37.2 Å². The topological polar surface area (TPSA) is 18.5 Å². The van der Waals surface area contributed by atoms with Gasteiger partial charge in [0.05, 0.1) is 13.2 Å². The van der Waals surface area contributed by atoms with E-state index in [1.54, 1.807) is 0 Å². The van der Waals surface area contributed by atoms with Gasteiger partial charge >= 0.3 is 0 Å². The maximum Gasteiger partial charge on any atom is 0.0700 e. The van der Waals surface area contributed by atoms with E-state index < -0.39 is 0 Å². The lowest BCUT2D eigenvalue weighted by Crippen LogP contribution is -2.08. The molecular formula is C20H40Cl2O2. The summed E-state index contributed by atoms with van der Waals surface area (Å²) in [6.45, 7) is 7.40. The molecule has 0 saturated heterocycles. The predicted molar refractivity (Wildman–Crippen MR) is 108 cm³/mol. The van der Waals surface area contributed by atoms with E-state index in [-0.39, 0.29) is 0 Å². The molecule has 2 unspecified atom stereocenters. The molecular weight excluding hydrogens is 343 g/mol. The van der Waals surface area contributed by atoms with E-state index in [4.69, 9.17) is 32.7 Å². The SMILES string of the molecule is CCCCCC(Cl)CCCOCCOCCCC(Cl)CCCCC. The lowest BCUT2D eigenvalue weighted by molar-refractivity contribution is 0.0449. The standard InChI is InChI=1S/C20H40Cl2O2/c1-3-5-7-11-19(21)13-9-15-23-17-18-24-16-10-14-20(22)12-8-6-4-2/h19-20H,3-18H2,1-2H3. The van der Waals surface area contributed by atoms with Crippen molar-refractivity contribution in [1.29, 1.82) is 0 Å². The van der Waals surface area contributed by atoms with Gasteiger partial charge in [-0.3, -0.25) is 0 Å². The van der Waals surface area contributed by atoms with Gasteiger partial charge in [0.2, 0.25) is 0 Å². The van der Waals surface area contributed by atoms with Crippen LogP contribution >= 0.6 is 23.2 Å². The van der Waals surface area contributed by atoms with Crippen LogP contribution in [0.1, 0.15) is 90.9 Å². The molecule has 0 N–H and O–H groups in total. The minimum Gasteiger partial charge on any atom is -0.379 e. The van der Waals surface area contributed by atoms with Crippen LogP contribution in [0.25, 0.3) is 0 Å². The van der Waals surface area contributed by atoms with Crippen molar-refractivity contribution in [2.45, 2.75) is 102 Å². The molecule has 0 aromatic carbocycles. The molecule has 24 heavy (non-hydrogen) atoms. The Bertz CT molecular complexity index is 216. The average molecular weight is 383 g/mol. The van der Waals surface area contributed by atoms with Crippen LogP contribution in [0, 0.1) is 0 Å². The minimum atomic E-state index is 0.317. The fraction of sp³-hybridized carbons (Fsp3) is 1.00. The van der Waals surface area contributed by atoms with E-state index in [0.29, 0.717) is 24.0 Å². The van der Waals surface area contributed by atoms with Gasteiger partial charge in [0.25, 0.3) is 0 Å². The first-order valence-electron chi connectivity index (χ1n) is 10.1. The van der Waals surface area contributed by atoms with E-state index in [9.17, 15) is 0 Å². The molecule has 0 heterocycles. The van der Waals surface area contributed by atoms with Gasteiger partial charge in [-0.25, -0.2) is 0 Å². The Morgan fingerprint density at radius 1 is 0.542 bits per heavy atom. The third-order valence-electron chi connectivity index (χ3n) is 4.23. The Morgan fingerprint density at radius 2 is 0.917 bits per heavy atom. The summed E-state index contributed by atoms with van der Waals surface area (Å²) >= 11 is 12.6. The molecule has 0 aliphatic carbocycles. The van der Waals surface area contributed by atoms with Crippen LogP contribution in [0.4, 0.5) is 0 Å². The fourth-order valence-electron chi connectivity index (χ4n) is 2.66. The Hall–Kier alpha value is 0.500. The van der Waals surface area contributed by atoms with Crippen LogP contribution in [0.15, 0.2) is 0 Å². The highest BCUT2D eigenvalue weighted by atomic mass is 35.5. The summed E-state index contributed by atoms with van der Waals surface area (Å²) in [5, 5.41) is 0.634.